The fourth-order valence-electron chi connectivity index (χ4n) is 3.80. The maximum absolute atomic E-state index is 12.8. The highest BCUT2D eigenvalue weighted by molar-refractivity contribution is 6.00. The van der Waals surface area contributed by atoms with E-state index in [1.54, 1.807) is 23.0 Å². The monoisotopic (exact) mass is 433 g/mol. The van der Waals surface area contributed by atoms with E-state index >= 15 is 0 Å². The van der Waals surface area contributed by atoms with Crippen molar-refractivity contribution in [3.8, 4) is 22.6 Å². The number of aromatic nitrogens is 2. The standard InChI is InChI=1S/C22H22F3N3O3/c1-3-8-31-16-4-5-18-17(11-26-28(18)12-16)15-9-14-6-7-27(13-22(23,24)25)21(29)20(14)19(10-15)30-2/h4-5,9-12H,3,6-8,13H2,1-2H3. The Balaban J connectivity index is 1.71. The minimum absolute atomic E-state index is 0.00480. The highest BCUT2D eigenvalue weighted by atomic mass is 19.4. The SMILES string of the molecule is CCCOc1ccc2c(-c3cc4c(c(OC)c3)C(=O)N(CC(F)(F)F)CC4)cnn2c1. The Morgan fingerprint density at radius 1 is 1.23 bits per heavy atom. The number of ether oxygens (including phenoxy) is 2. The summed E-state index contributed by atoms with van der Waals surface area (Å²) in [7, 11) is 1.41. The smallest absolute Gasteiger partial charge is 0.406 e. The maximum atomic E-state index is 12.8. The Morgan fingerprint density at radius 2 is 2.03 bits per heavy atom. The van der Waals surface area contributed by atoms with E-state index in [0.29, 0.717) is 24.3 Å². The van der Waals surface area contributed by atoms with Crippen LogP contribution in [0.2, 0.25) is 0 Å². The second kappa shape index (κ2) is 8.13. The van der Waals surface area contributed by atoms with Crippen LogP contribution in [0.4, 0.5) is 13.2 Å². The maximum Gasteiger partial charge on any atom is 0.406 e. The van der Waals surface area contributed by atoms with Gasteiger partial charge in [-0.25, -0.2) is 4.52 Å². The largest absolute Gasteiger partial charge is 0.496 e. The lowest BCUT2D eigenvalue weighted by atomic mass is 9.93. The van der Waals surface area contributed by atoms with Crippen molar-refractivity contribution in [2.75, 3.05) is 26.8 Å². The lowest BCUT2D eigenvalue weighted by Gasteiger charge is -2.30. The molecular weight excluding hydrogens is 411 g/mol. The molecular formula is C22H22F3N3O3. The summed E-state index contributed by atoms with van der Waals surface area (Å²) < 4.78 is 51.2. The minimum atomic E-state index is -4.45. The Morgan fingerprint density at radius 3 is 2.74 bits per heavy atom. The van der Waals surface area contributed by atoms with Gasteiger partial charge >= 0.3 is 6.18 Å². The normalized spacial score (nSPS) is 14.1. The molecule has 0 N–H and O–H groups in total. The highest BCUT2D eigenvalue weighted by Gasteiger charge is 2.37. The van der Waals surface area contributed by atoms with Crippen LogP contribution >= 0.6 is 0 Å². The van der Waals surface area contributed by atoms with Crippen molar-refractivity contribution in [2.45, 2.75) is 25.9 Å². The molecule has 9 heteroatoms. The van der Waals surface area contributed by atoms with E-state index in [2.05, 4.69) is 5.10 Å². The summed E-state index contributed by atoms with van der Waals surface area (Å²) in [6, 6.07) is 7.27. The van der Waals surface area contributed by atoms with Gasteiger partial charge < -0.3 is 14.4 Å². The molecule has 3 heterocycles. The topological polar surface area (TPSA) is 56.1 Å². The van der Waals surface area contributed by atoms with Crippen molar-refractivity contribution in [3.63, 3.8) is 0 Å². The van der Waals surface area contributed by atoms with Crippen LogP contribution in [0.1, 0.15) is 29.3 Å². The molecule has 1 amide bonds. The molecule has 0 spiro atoms. The summed E-state index contributed by atoms with van der Waals surface area (Å²) in [5.74, 6) is 0.300. The van der Waals surface area contributed by atoms with Crippen LogP contribution in [0.25, 0.3) is 16.6 Å². The van der Waals surface area contributed by atoms with Crippen LogP contribution < -0.4 is 9.47 Å². The fraction of sp³-hybridized carbons (Fsp3) is 0.364. The molecule has 6 nitrogen and oxygen atoms in total. The third kappa shape index (κ3) is 4.17. The average molecular weight is 433 g/mol. The van der Waals surface area contributed by atoms with Gasteiger partial charge in [-0.3, -0.25) is 4.79 Å². The number of methoxy groups -OCH3 is 1. The van der Waals surface area contributed by atoms with E-state index in [0.717, 1.165) is 28.0 Å². The van der Waals surface area contributed by atoms with E-state index in [9.17, 15) is 18.0 Å². The summed E-state index contributed by atoms with van der Waals surface area (Å²) >= 11 is 0. The average Bonchev–Trinajstić information content (AvgIpc) is 3.16. The lowest BCUT2D eigenvalue weighted by molar-refractivity contribution is -0.141. The van der Waals surface area contributed by atoms with Gasteiger partial charge in [-0.15, -0.1) is 0 Å². The minimum Gasteiger partial charge on any atom is -0.496 e. The van der Waals surface area contributed by atoms with Crippen LogP contribution in [0.3, 0.4) is 0 Å². The van der Waals surface area contributed by atoms with E-state index in [1.807, 2.05) is 25.1 Å². The van der Waals surface area contributed by atoms with Crippen LogP contribution in [-0.4, -0.2) is 53.4 Å². The predicted octanol–water partition coefficient (Wildman–Crippen LogP) is 4.36. The first-order valence-electron chi connectivity index (χ1n) is 9.98. The summed E-state index contributed by atoms with van der Waals surface area (Å²) in [5, 5.41) is 4.39. The Kier molecular flexibility index (Phi) is 5.51. The van der Waals surface area contributed by atoms with E-state index in [4.69, 9.17) is 9.47 Å². The van der Waals surface area contributed by atoms with Crippen molar-refractivity contribution >= 4 is 11.4 Å². The second-order valence-electron chi connectivity index (χ2n) is 7.41. The summed E-state index contributed by atoms with van der Waals surface area (Å²) in [5.41, 5.74) is 3.30. The zero-order chi connectivity index (χ0) is 22.2. The molecule has 0 unspecified atom stereocenters. The number of halogens is 3. The number of carbonyl (C=O) groups excluding carboxylic acids is 1. The van der Waals surface area contributed by atoms with Gasteiger partial charge in [-0.2, -0.15) is 18.3 Å². The van der Waals surface area contributed by atoms with Gasteiger partial charge in [0.1, 0.15) is 18.0 Å². The number of fused-ring (bicyclic) bond motifs is 2. The number of carbonyl (C=O) groups is 1. The Bertz CT molecular complexity index is 1110. The molecule has 31 heavy (non-hydrogen) atoms. The van der Waals surface area contributed by atoms with Crippen molar-refractivity contribution in [2.24, 2.45) is 0 Å². The summed E-state index contributed by atoms with van der Waals surface area (Å²) in [4.78, 5) is 13.5. The number of pyridine rings is 1. The molecule has 0 aliphatic carbocycles. The molecule has 1 aliphatic heterocycles. The molecule has 0 radical (unpaired) electrons. The molecule has 164 valence electrons. The van der Waals surface area contributed by atoms with Crippen LogP contribution in [-0.2, 0) is 6.42 Å². The third-order valence-electron chi connectivity index (χ3n) is 5.20. The van der Waals surface area contributed by atoms with E-state index in [-0.39, 0.29) is 17.9 Å². The first-order chi connectivity index (χ1) is 14.8. The van der Waals surface area contributed by atoms with Crippen LogP contribution in [0, 0.1) is 0 Å². The molecule has 3 aromatic rings. The quantitative estimate of drug-likeness (QED) is 0.580. The van der Waals surface area contributed by atoms with Crippen molar-refractivity contribution in [1.29, 1.82) is 0 Å². The number of hydrogen-bond donors (Lipinski definition) is 0. The molecule has 2 aromatic heterocycles. The zero-order valence-corrected chi connectivity index (χ0v) is 17.2. The first kappa shape index (κ1) is 21.0. The van der Waals surface area contributed by atoms with E-state index in [1.165, 1.54) is 7.11 Å². The molecule has 1 aliphatic rings. The number of amides is 1. The van der Waals surface area contributed by atoms with Crippen molar-refractivity contribution < 1.29 is 27.4 Å². The third-order valence-corrected chi connectivity index (χ3v) is 5.20. The summed E-state index contributed by atoms with van der Waals surface area (Å²) in [6.45, 7) is 1.37. The molecule has 0 bridgehead atoms. The van der Waals surface area contributed by atoms with Gasteiger partial charge in [0.25, 0.3) is 5.91 Å². The predicted molar refractivity (Wildman–Crippen MR) is 109 cm³/mol. The van der Waals surface area contributed by atoms with Gasteiger partial charge in [-0.05, 0) is 48.2 Å². The number of nitrogens with zero attached hydrogens (tertiary/aromatic N) is 3. The Hall–Kier alpha value is -3.23. The molecule has 1 aromatic carbocycles. The first-order valence-corrected chi connectivity index (χ1v) is 9.98. The fourth-order valence-corrected chi connectivity index (χ4v) is 3.80. The van der Waals surface area contributed by atoms with Gasteiger partial charge in [0.2, 0.25) is 0 Å². The number of benzene rings is 1. The number of hydrogen-bond acceptors (Lipinski definition) is 4. The zero-order valence-electron chi connectivity index (χ0n) is 17.2. The van der Waals surface area contributed by atoms with Crippen molar-refractivity contribution in [1.82, 2.24) is 14.5 Å². The van der Waals surface area contributed by atoms with Crippen molar-refractivity contribution in [3.05, 3.63) is 47.8 Å². The number of rotatable bonds is 6. The Labute approximate surface area is 177 Å². The van der Waals surface area contributed by atoms with Gasteiger partial charge in [-0.1, -0.05) is 6.92 Å². The van der Waals surface area contributed by atoms with E-state index < -0.39 is 18.6 Å². The molecule has 4 rings (SSSR count). The molecule has 0 fully saturated rings. The second-order valence-corrected chi connectivity index (χ2v) is 7.41. The van der Waals surface area contributed by atoms with Gasteiger partial charge in [0, 0.05) is 12.1 Å². The van der Waals surface area contributed by atoms with Gasteiger partial charge in [0.15, 0.2) is 0 Å². The lowest BCUT2D eigenvalue weighted by Crippen LogP contribution is -2.43. The van der Waals surface area contributed by atoms with Gasteiger partial charge in [0.05, 0.1) is 37.2 Å². The molecule has 0 saturated heterocycles. The summed E-state index contributed by atoms with van der Waals surface area (Å²) in [6.07, 6.45) is 0.270. The highest BCUT2D eigenvalue weighted by Crippen LogP contribution is 2.36. The molecule has 0 saturated carbocycles. The van der Waals surface area contributed by atoms with Crippen LogP contribution in [0.5, 0.6) is 11.5 Å². The molecule has 0 atom stereocenters. The number of alkyl halides is 3. The van der Waals surface area contributed by atoms with Crippen LogP contribution in [0.15, 0.2) is 36.7 Å².